The van der Waals surface area contributed by atoms with E-state index < -0.39 is 17.7 Å². The molecule has 6 heteroatoms. The van der Waals surface area contributed by atoms with E-state index in [1.807, 2.05) is 0 Å². The van der Waals surface area contributed by atoms with Crippen LogP contribution in [0.4, 0.5) is 10.1 Å². The van der Waals surface area contributed by atoms with Gasteiger partial charge >= 0.3 is 5.97 Å². The number of hydrogen-bond donors (Lipinski definition) is 1. The normalized spacial score (nSPS) is 10.5. The molecule has 1 N–H and O–H groups in total. The number of rotatable bonds is 4. The van der Waals surface area contributed by atoms with Crippen LogP contribution < -0.4 is 5.32 Å². The minimum Gasteiger partial charge on any atom is -0.459 e. The Kier molecular flexibility index (Phi) is 5.34. The third-order valence-electron chi connectivity index (χ3n) is 2.90. The number of carbonyl (C=O) groups excluding carboxylic acids is 2. The maximum atomic E-state index is 13.0. The molecule has 0 aliphatic rings. The Morgan fingerprint density at radius 1 is 1.13 bits per heavy atom. The number of nitrogens with one attached hydrogen (secondary N) is 1. The Hall–Kier alpha value is -2.40. The van der Waals surface area contributed by atoms with Crippen LogP contribution in [0, 0.1) is 5.82 Å². The van der Waals surface area contributed by atoms with Crippen molar-refractivity contribution in [2.24, 2.45) is 0 Å². The molecule has 0 aliphatic heterocycles. The molecule has 0 unspecified atom stereocenters. The van der Waals surface area contributed by atoms with Crippen LogP contribution in [0.3, 0.4) is 0 Å². The molecule has 0 radical (unpaired) electrons. The minimum atomic E-state index is -0.514. The second kappa shape index (κ2) is 7.24. The maximum Gasteiger partial charge on any atom is 0.338 e. The van der Waals surface area contributed by atoms with E-state index in [1.165, 1.54) is 6.07 Å². The van der Waals surface area contributed by atoms with Gasteiger partial charge in [-0.25, -0.2) is 9.18 Å². The predicted molar refractivity (Wildman–Crippen MR) is 86.4 cm³/mol. The summed E-state index contributed by atoms with van der Waals surface area (Å²) in [6.45, 7) is 3.53. The van der Waals surface area contributed by atoms with Crippen molar-refractivity contribution in [2.75, 3.05) is 5.32 Å². The van der Waals surface area contributed by atoms with Gasteiger partial charge in [0.15, 0.2) is 0 Å². The second-order valence-electron chi connectivity index (χ2n) is 5.11. The van der Waals surface area contributed by atoms with E-state index in [2.05, 4.69) is 5.32 Å². The van der Waals surface area contributed by atoms with Crippen LogP contribution in [0.25, 0.3) is 0 Å². The van der Waals surface area contributed by atoms with Gasteiger partial charge in [0.05, 0.1) is 22.3 Å². The molecule has 0 atom stereocenters. The topological polar surface area (TPSA) is 55.4 Å². The number of ether oxygens (including phenoxy) is 1. The Balaban J connectivity index is 2.08. The standard InChI is InChI=1S/C17H15ClFNO3/c1-10(2)23-17(22)11-3-6-13(7-4-11)20-16(21)14-8-5-12(19)9-15(14)18/h3-10H,1-2H3,(H,20,21). The first-order valence-electron chi connectivity index (χ1n) is 6.94. The van der Waals surface area contributed by atoms with Gasteiger partial charge in [-0.1, -0.05) is 11.6 Å². The molecule has 23 heavy (non-hydrogen) atoms. The van der Waals surface area contributed by atoms with Crippen molar-refractivity contribution >= 4 is 29.2 Å². The second-order valence-corrected chi connectivity index (χ2v) is 5.52. The van der Waals surface area contributed by atoms with Gasteiger partial charge < -0.3 is 10.1 Å². The lowest BCUT2D eigenvalue weighted by atomic mass is 10.1. The molecule has 0 saturated heterocycles. The van der Waals surface area contributed by atoms with Crippen molar-refractivity contribution < 1.29 is 18.7 Å². The van der Waals surface area contributed by atoms with E-state index >= 15 is 0 Å². The summed E-state index contributed by atoms with van der Waals surface area (Å²) in [5, 5.41) is 2.65. The number of amides is 1. The van der Waals surface area contributed by atoms with Gasteiger partial charge in [-0.15, -0.1) is 0 Å². The summed E-state index contributed by atoms with van der Waals surface area (Å²) in [6, 6.07) is 9.78. The van der Waals surface area contributed by atoms with Gasteiger partial charge in [0.25, 0.3) is 5.91 Å². The van der Waals surface area contributed by atoms with Crippen molar-refractivity contribution in [3.63, 3.8) is 0 Å². The summed E-state index contributed by atoms with van der Waals surface area (Å²) >= 11 is 5.84. The molecule has 0 fully saturated rings. The van der Waals surface area contributed by atoms with E-state index in [4.69, 9.17) is 16.3 Å². The van der Waals surface area contributed by atoms with Crippen LogP contribution >= 0.6 is 11.6 Å². The van der Waals surface area contributed by atoms with Crippen molar-refractivity contribution in [2.45, 2.75) is 20.0 Å². The lowest BCUT2D eigenvalue weighted by molar-refractivity contribution is 0.0378. The zero-order chi connectivity index (χ0) is 17.0. The number of hydrogen-bond acceptors (Lipinski definition) is 3. The minimum absolute atomic E-state index is 0.0274. The smallest absolute Gasteiger partial charge is 0.338 e. The average Bonchev–Trinajstić information content (AvgIpc) is 2.47. The third kappa shape index (κ3) is 4.53. The molecule has 0 aliphatic carbocycles. The van der Waals surface area contributed by atoms with E-state index in [0.717, 1.165) is 12.1 Å². The van der Waals surface area contributed by atoms with Crippen LogP contribution in [0.1, 0.15) is 34.6 Å². The van der Waals surface area contributed by atoms with Gasteiger partial charge in [0.2, 0.25) is 0 Å². The first kappa shape index (κ1) is 17.0. The molecular formula is C17H15ClFNO3. The quantitative estimate of drug-likeness (QED) is 0.848. The van der Waals surface area contributed by atoms with Gasteiger partial charge in [-0.2, -0.15) is 0 Å². The summed E-state index contributed by atoms with van der Waals surface area (Å²) in [7, 11) is 0. The van der Waals surface area contributed by atoms with Crippen LogP contribution in [-0.2, 0) is 4.74 Å². The molecule has 4 nitrogen and oxygen atoms in total. The van der Waals surface area contributed by atoms with Crippen molar-refractivity contribution in [3.05, 3.63) is 64.4 Å². The number of benzene rings is 2. The highest BCUT2D eigenvalue weighted by Gasteiger charge is 2.13. The number of halogens is 2. The SMILES string of the molecule is CC(C)OC(=O)c1ccc(NC(=O)c2ccc(F)cc2Cl)cc1. The fourth-order valence-electron chi connectivity index (χ4n) is 1.84. The molecule has 0 bridgehead atoms. The van der Waals surface area contributed by atoms with E-state index in [1.54, 1.807) is 38.1 Å². The van der Waals surface area contributed by atoms with Gasteiger partial charge in [-0.05, 0) is 56.3 Å². The third-order valence-corrected chi connectivity index (χ3v) is 3.21. The van der Waals surface area contributed by atoms with E-state index in [-0.39, 0.29) is 16.7 Å². The highest BCUT2D eigenvalue weighted by atomic mass is 35.5. The van der Waals surface area contributed by atoms with Gasteiger partial charge in [0, 0.05) is 5.69 Å². The fourth-order valence-corrected chi connectivity index (χ4v) is 2.10. The Labute approximate surface area is 138 Å². The lowest BCUT2D eigenvalue weighted by Crippen LogP contribution is -2.13. The Bertz CT molecular complexity index is 729. The maximum absolute atomic E-state index is 13.0. The average molecular weight is 336 g/mol. The van der Waals surface area contributed by atoms with Crippen molar-refractivity contribution in [1.82, 2.24) is 0 Å². The number of esters is 1. The van der Waals surface area contributed by atoms with Crippen molar-refractivity contribution in [3.8, 4) is 0 Å². The number of carbonyl (C=O) groups is 2. The molecular weight excluding hydrogens is 321 g/mol. The Morgan fingerprint density at radius 3 is 2.35 bits per heavy atom. The highest BCUT2D eigenvalue weighted by Crippen LogP contribution is 2.19. The molecule has 0 aromatic heterocycles. The first-order chi connectivity index (χ1) is 10.9. The summed E-state index contributed by atoms with van der Waals surface area (Å²) in [5.41, 5.74) is 1.03. The summed E-state index contributed by atoms with van der Waals surface area (Å²) in [5.74, 6) is -1.41. The molecule has 1 amide bonds. The molecule has 2 rings (SSSR count). The fraction of sp³-hybridized carbons (Fsp3) is 0.176. The lowest BCUT2D eigenvalue weighted by Gasteiger charge is -2.09. The molecule has 0 saturated carbocycles. The van der Waals surface area contributed by atoms with E-state index in [9.17, 15) is 14.0 Å². The van der Waals surface area contributed by atoms with Crippen LogP contribution in [0.15, 0.2) is 42.5 Å². The summed E-state index contributed by atoms with van der Waals surface area (Å²) < 4.78 is 18.1. The first-order valence-corrected chi connectivity index (χ1v) is 7.32. The molecule has 2 aromatic rings. The zero-order valence-corrected chi connectivity index (χ0v) is 13.4. The van der Waals surface area contributed by atoms with Crippen LogP contribution in [-0.4, -0.2) is 18.0 Å². The van der Waals surface area contributed by atoms with Gasteiger partial charge in [-0.3, -0.25) is 4.79 Å². The highest BCUT2D eigenvalue weighted by molar-refractivity contribution is 6.34. The molecule has 2 aromatic carbocycles. The molecule has 0 heterocycles. The van der Waals surface area contributed by atoms with E-state index in [0.29, 0.717) is 11.3 Å². The van der Waals surface area contributed by atoms with Gasteiger partial charge in [0.1, 0.15) is 5.82 Å². The molecule has 0 spiro atoms. The van der Waals surface area contributed by atoms with Crippen LogP contribution in [0.2, 0.25) is 5.02 Å². The monoisotopic (exact) mass is 335 g/mol. The Morgan fingerprint density at radius 2 is 1.78 bits per heavy atom. The number of anilines is 1. The van der Waals surface area contributed by atoms with Crippen LogP contribution in [0.5, 0.6) is 0 Å². The molecule has 120 valence electrons. The predicted octanol–water partition coefficient (Wildman–Crippen LogP) is 4.30. The zero-order valence-electron chi connectivity index (χ0n) is 12.6. The summed E-state index contributed by atoms with van der Waals surface area (Å²) in [4.78, 5) is 23.8. The largest absolute Gasteiger partial charge is 0.459 e. The van der Waals surface area contributed by atoms with Crippen molar-refractivity contribution in [1.29, 1.82) is 0 Å². The summed E-state index contributed by atoms with van der Waals surface area (Å²) in [6.07, 6.45) is -0.206.